The number of rotatable bonds is 2. The van der Waals surface area contributed by atoms with Crippen molar-refractivity contribution in [1.29, 1.82) is 0 Å². The van der Waals surface area contributed by atoms with Crippen LogP contribution in [-0.4, -0.2) is 21.0 Å². The highest BCUT2D eigenvalue weighted by atomic mass is 16.3. The number of phenolic OH excluding ortho intramolecular Hbond substituents is 2. The molecule has 28 heavy (non-hydrogen) atoms. The molecule has 1 aliphatic carbocycles. The third-order valence-electron chi connectivity index (χ3n) is 5.05. The van der Waals surface area contributed by atoms with Gasteiger partial charge in [-0.2, -0.15) is 0 Å². The number of carbonyl (C=O) groups excluding carboxylic acids is 1. The minimum atomic E-state index is -0.111. The first kappa shape index (κ1) is 16.3. The van der Waals surface area contributed by atoms with Crippen LogP contribution in [0.3, 0.4) is 0 Å². The Labute approximate surface area is 161 Å². The van der Waals surface area contributed by atoms with Gasteiger partial charge in [-0.15, -0.1) is 0 Å². The van der Waals surface area contributed by atoms with E-state index in [9.17, 15) is 15.0 Å². The van der Waals surface area contributed by atoms with Crippen molar-refractivity contribution in [1.82, 2.24) is 4.98 Å². The minimum absolute atomic E-state index is 0.0860. The van der Waals surface area contributed by atoms with Crippen molar-refractivity contribution in [3.05, 3.63) is 90.0 Å². The van der Waals surface area contributed by atoms with E-state index in [1.54, 1.807) is 48.5 Å². The first-order valence-electron chi connectivity index (χ1n) is 8.91. The molecule has 1 heterocycles. The average molecular weight is 365 g/mol. The largest absolute Gasteiger partial charge is 0.507 e. The predicted octanol–water partition coefficient (Wildman–Crippen LogP) is 5.04. The van der Waals surface area contributed by atoms with Crippen molar-refractivity contribution in [2.75, 3.05) is 0 Å². The molecule has 0 saturated carbocycles. The summed E-state index contributed by atoms with van der Waals surface area (Å²) >= 11 is 0. The van der Waals surface area contributed by atoms with E-state index in [1.165, 1.54) is 0 Å². The fraction of sp³-hybridized carbons (Fsp3) is 0. The topological polar surface area (TPSA) is 70.4 Å². The molecule has 4 aromatic rings. The van der Waals surface area contributed by atoms with Crippen molar-refractivity contribution < 1.29 is 15.0 Å². The van der Waals surface area contributed by atoms with E-state index in [-0.39, 0.29) is 17.3 Å². The normalized spacial score (nSPS) is 11.9. The van der Waals surface area contributed by atoms with E-state index < -0.39 is 0 Å². The number of nitrogens with zero attached hydrogens (tertiary/aromatic N) is 1. The zero-order valence-electron chi connectivity index (χ0n) is 14.8. The Morgan fingerprint density at radius 1 is 0.607 bits per heavy atom. The van der Waals surface area contributed by atoms with Gasteiger partial charge in [0.25, 0.3) is 0 Å². The molecule has 134 valence electrons. The Hall–Kier alpha value is -3.92. The molecule has 2 N–H and O–H groups in total. The Bertz CT molecular complexity index is 1260. The lowest BCUT2D eigenvalue weighted by atomic mass is 9.95. The summed E-state index contributed by atoms with van der Waals surface area (Å²) in [6.45, 7) is 0. The van der Waals surface area contributed by atoms with E-state index in [2.05, 4.69) is 0 Å². The van der Waals surface area contributed by atoms with Crippen LogP contribution in [0, 0.1) is 0 Å². The van der Waals surface area contributed by atoms with Gasteiger partial charge < -0.3 is 10.2 Å². The van der Waals surface area contributed by atoms with Gasteiger partial charge in [0, 0.05) is 27.8 Å². The molecule has 0 fully saturated rings. The molecule has 1 aromatic heterocycles. The van der Waals surface area contributed by atoms with Crippen LogP contribution in [0.25, 0.3) is 33.6 Å². The number of fused-ring (bicyclic) bond motifs is 3. The first-order chi connectivity index (χ1) is 13.6. The molecule has 0 atom stereocenters. The first-order valence-corrected chi connectivity index (χ1v) is 8.91. The average Bonchev–Trinajstić information content (AvgIpc) is 3.01. The molecular weight excluding hydrogens is 350 g/mol. The summed E-state index contributed by atoms with van der Waals surface area (Å²) in [5, 5.41) is 20.8. The highest BCUT2D eigenvalue weighted by molar-refractivity contribution is 6.24. The second kappa shape index (κ2) is 6.06. The number of benzene rings is 3. The van der Waals surface area contributed by atoms with Gasteiger partial charge in [0.2, 0.25) is 0 Å². The number of ketones is 1. The lowest BCUT2D eigenvalue weighted by molar-refractivity contribution is 0.104. The molecule has 0 spiro atoms. The quantitative estimate of drug-likeness (QED) is 0.460. The van der Waals surface area contributed by atoms with Gasteiger partial charge in [0.1, 0.15) is 11.5 Å². The maximum absolute atomic E-state index is 13.1. The van der Waals surface area contributed by atoms with Crippen LogP contribution in [0.2, 0.25) is 0 Å². The van der Waals surface area contributed by atoms with Gasteiger partial charge in [-0.05, 0) is 24.3 Å². The number of pyridine rings is 1. The summed E-state index contributed by atoms with van der Waals surface area (Å²) in [6.07, 6.45) is 0. The fourth-order valence-electron chi connectivity index (χ4n) is 3.73. The minimum Gasteiger partial charge on any atom is -0.507 e. The van der Waals surface area contributed by atoms with E-state index >= 15 is 0 Å². The summed E-state index contributed by atoms with van der Waals surface area (Å²) in [6, 6.07) is 23.0. The van der Waals surface area contributed by atoms with Crippen LogP contribution in [0.15, 0.2) is 78.9 Å². The molecule has 0 amide bonds. The van der Waals surface area contributed by atoms with Crippen LogP contribution >= 0.6 is 0 Å². The monoisotopic (exact) mass is 365 g/mol. The maximum atomic E-state index is 13.1. The molecule has 0 unspecified atom stereocenters. The molecule has 5 rings (SSSR count). The second-order valence-corrected chi connectivity index (χ2v) is 6.69. The van der Waals surface area contributed by atoms with Crippen molar-refractivity contribution in [3.63, 3.8) is 0 Å². The summed E-state index contributed by atoms with van der Waals surface area (Å²) in [7, 11) is 0. The van der Waals surface area contributed by atoms with E-state index in [0.29, 0.717) is 39.2 Å². The number of aromatic nitrogens is 1. The molecule has 0 radical (unpaired) electrons. The SMILES string of the molecule is O=C1c2ccccc2-c2nc(-c3ccccc3O)cc(-c3ccccc3O)c21. The van der Waals surface area contributed by atoms with Crippen molar-refractivity contribution >= 4 is 5.78 Å². The summed E-state index contributed by atoms with van der Waals surface area (Å²) in [5.74, 6) is 0.0823. The standard InChI is InChI=1S/C24H15NO3/c26-20-11-5-3-7-14(20)18-13-19(17-10-4-6-12-21(17)27)25-23-15-8-1-2-9-16(15)24(28)22(18)23/h1-13,26-27H. The molecule has 0 saturated heterocycles. The van der Waals surface area contributed by atoms with Crippen LogP contribution in [0.5, 0.6) is 11.5 Å². The van der Waals surface area contributed by atoms with Crippen LogP contribution in [0.1, 0.15) is 15.9 Å². The predicted molar refractivity (Wildman–Crippen MR) is 107 cm³/mol. The molecule has 0 bridgehead atoms. The van der Waals surface area contributed by atoms with Gasteiger partial charge >= 0.3 is 0 Å². The van der Waals surface area contributed by atoms with Gasteiger partial charge in [-0.3, -0.25) is 4.79 Å². The molecule has 4 heteroatoms. The number of aromatic hydroxyl groups is 2. The van der Waals surface area contributed by atoms with Crippen LogP contribution in [-0.2, 0) is 0 Å². The highest BCUT2D eigenvalue weighted by Gasteiger charge is 2.32. The number of hydrogen-bond acceptors (Lipinski definition) is 4. The highest BCUT2D eigenvalue weighted by Crippen LogP contribution is 2.44. The van der Waals surface area contributed by atoms with Gasteiger partial charge in [0.15, 0.2) is 5.78 Å². The summed E-state index contributed by atoms with van der Waals surface area (Å²) in [5.41, 5.74) is 4.66. The molecule has 1 aliphatic rings. The summed E-state index contributed by atoms with van der Waals surface area (Å²) in [4.78, 5) is 17.9. The number of carbonyl (C=O) groups is 1. The van der Waals surface area contributed by atoms with Crippen molar-refractivity contribution in [2.45, 2.75) is 0 Å². The Morgan fingerprint density at radius 3 is 1.79 bits per heavy atom. The van der Waals surface area contributed by atoms with Gasteiger partial charge in [0.05, 0.1) is 17.0 Å². The zero-order chi connectivity index (χ0) is 19.3. The van der Waals surface area contributed by atoms with Gasteiger partial charge in [-0.1, -0.05) is 54.6 Å². The summed E-state index contributed by atoms with van der Waals surface area (Å²) < 4.78 is 0. The third-order valence-corrected chi connectivity index (χ3v) is 5.05. The third kappa shape index (κ3) is 2.32. The Kier molecular flexibility index (Phi) is 3.52. The fourth-order valence-corrected chi connectivity index (χ4v) is 3.73. The van der Waals surface area contributed by atoms with Crippen LogP contribution in [0.4, 0.5) is 0 Å². The number of phenols is 2. The molecule has 3 aromatic carbocycles. The Morgan fingerprint density at radius 2 is 1.14 bits per heavy atom. The van der Waals surface area contributed by atoms with Crippen molar-refractivity contribution in [3.8, 4) is 45.1 Å². The number of hydrogen-bond donors (Lipinski definition) is 2. The maximum Gasteiger partial charge on any atom is 0.196 e. The van der Waals surface area contributed by atoms with Gasteiger partial charge in [-0.25, -0.2) is 4.98 Å². The van der Waals surface area contributed by atoms with E-state index in [4.69, 9.17) is 4.98 Å². The second-order valence-electron chi connectivity index (χ2n) is 6.69. The zero-order valence-corrected chi connectivity index (χ0v) is 14.8. The molecule has 4 nitrogen and oxygen atoms in total. The lowest BCUT2D eigenvalue weighted by Crippen LogP contribution is -2.00. The van der Waals surface area contributed by atoms with E-state index in [0.717, 1.165) is 5.56 Å². The smallest absolute Gasteiger partial charge is 0.196 e. The lowest BCUT2D eigenvalue weighted by Gasteiger charge is -2.13. The Balaban J connectivity index is 1.88. The van der Waals surface area contributed by atoms with Crippen LogP contribution < -0.4 is 0 Å². The number of para-hydroxylation sites is 2. The van der Waals surface area contributed by atoms with Crippen molar-refractivity contribution in [2.24, 2.45) is 0 Å². The molecular formula is C24H15NO3. The molecule has 0 aliphatic heterocycles. The van der Waals surface area contributed by atoms with E-state index in [1.807, 2.05) is 30.3 Å².